The van der Waals surface area contributed by atoms with E-state index in [9.17, 15) is 14.7 Å². The molecule has 1 saturated heterocycles. The van der Waals surface area contributed by atoms with E-state index in [0.29, 0.717) is 40.6 Å². The maximum atomic E-state index is 13.1. The average molecular weight is 476 g/mol. The molecule has 8 heteroatoms. The Morgan fingerprint density at radius 1 is 1.22 bits per heavy atom. The Balaban J connectivity index is 1.83. The molecule has 168 valence electrons. The number of fused-ring (bicyclic) bond motifs is 1. The zero-order chi connectivity index (χ0) is 23.0. The molecule has 2 aliphatic rings. The first kappa shape index (κ1) is 22.6. The van der Waals surface area contributed by atoms with E-state index in [4.69, 9.17) is 32.7 Å². The second-order valence-electron chi connectivity index (χ2n) is 7.96. The molecule has 0 radical (unpaired) electrons. The molecule has 0 aromatic heterocycles. The summed E-state index contributed by atoms with van der Waals surface area (Å²) in [4.78, 5) is 27.4. The highest BCUT2D eigenvalue weighted by atomic mass is 35.5. The Hall–Kier alpha value is -2.54. The van der Waals surface area contributed by atoms with Gasteiger partial charge in [-0.15, -0.1) is 0 Å². The van der Waals surface area contributed by atoms with Crippen molar-refractivity contribution >= 4 is 40.7 Å². The second kappa shape index (κ2) is 9.14. The van der Waals surface area contributed by atoms with Crippen LogP contribution >= 0.6 is 23.2 Å². The van der Waals surface area contributed by atoms with Gasteiger partial charge in [0.05, 0.1) is 11.6 Å². The molecule has 32 heavy (non-hydrogen) atoms. The number of hydrogen-bond donors (Lipinski definition) is 1. The van der Waals surface area contributed by atoms with Crippen LogP contribution in [0.4, 0.5) is 0 Å². The normalized spacial score (nSPS) is 21.7. The summed E-state index contributed by atoms with van der Waals surface area (Å²) in [6.07, 6.45) is 1.27. The van der Waals surface area contributed by atoms with Crippen molar-refractivity contribution in [1.82, 2.24) is 4.90 Å². The summed E-state index contributed by atoms with van der Waals surface area (Å²) in [7, 11) is 1.57. The third kappa shape index (κ3) is 4.10. The highest BCUT2D eigenvalue weighted by Gasteiger charge is 2.46. The number of ketones is 1. The van der Waals surface area contributed by atoms with Crippen LogP contribution in [0.15, 0.2) is 42.0 Å². The number of Topliss-reactive ketones (excluding diaryl/α,β-unsaturated/α-hetero) is 1. The lowest BCUT2D eigenvalue weighted by molar-refractivity contribution is -0.140. The molecular weight excluding hydrogens is 453 g/mol. The maximum Gasteiger partial charge on any atom is 0.295 e. The molecule has 2 aromatic carbocycles. The molecule has 1 fully saturated rings. The predicted octanol–water partition coefficient (Wildman–Crippen LogP) is 4.78. The van der Waals surface area contributed by atoms with Crippen molar-refractivity contribution in [2.75, 3.05) is 20.3 Å². The topological polar surface area (TPSA) is 76.1 Å². The van der Waals surface area contributed by atoms with Gasteiger partial charge >= 0.3 is 0 Å². The van der Waals surface area contributed by atoms with Crippen molar-refractivity contribution < 1.29 is 24.2 Å². The van der Waals surface area contributed by atoms with Crippen molar-refractivity contribution in [3.05, 3.63) is 68.7 Å². The fourth-order valence-electron chi connectivity index (χ4n) is 4.26. The quantitative estimate of drug-likeness (QED) is 0.281. The van der Waals surface area contributed by atoms with Gasteiger partial charge in [-0.3, -0.25) is 9.59 Å². The first-order chi connectivity index (χ1) is 15.3. The van der Waals surface area contributed by atoms with Crippen molar-refractivity contribution in [3.63, 3.8) is 0 Å². The summed E-state index contributed by atoms with van der Waals surface area (Å²) < 4.78 is 10.8. The standard InChI is InChI=1S/C24H23Cl2NO5/c1-13-10-15-11-14(4-7-19(15)32-13)22(28)20-21(17-6-5-16(25)12-18(17)26)27(8-3-9-31-2)24(30)23(20)29/h4-7,11-13,21,28H,3,8-10H2,1-2H3. The number of rotatable bonds is 6. The minimum Gasteiger partial charge on any atom is -0.507 e. The van der Waals surface area contributed by atoms with E-state index in [-0.39, 0.29) is 24.0 Å². The summed E-state index contributed by atoms with van der Waals surface area (Å²) in [5, 5.41) is 12.0. The molecule has 1 amide bonds. The van der Waals surface area contributed by atoms with E-state index in [1.165, 1.54) is 4.90 Å². The molecule has 2 aromatic rings. The zero-order valence-corrected chi connectivity index (χ0v) is 19.2. The van der Waals surface area contributed by atoms with Crippen molar-refractivity contribution in [2.45, 2.75) is 31.9 Å². The van der Waals surface area contributed by atoms with Crippen LogP contribution in [0.1, 0.15) is 36.1 Å². The molecule has 1 N–H and O–H groups in total. The highest BCUT2D eigenvalue weighted by Crippen LogP contribution is 2.43. The lowest BCUT2D eigenvalue weighted by Crippen LogP contribution is -2.31. The molecule has 0 aliphatic carbocycles. The molecular formula is C24H23Cl2NO5. The molecule has 2 unspecified atom stereocenters. The smallest absolute Gasteiger partial charge is 0.295 e. The number of amides is 1. The van der Waals surface area contributed by atoms with Crippen LogP contribution in [-0.2, 0) is 20.7 Å². The summed E-state index contributed by atoms with van der Waals surface area (Å²) in [5.74, 6) is -0.917. The van der Waals surface area contributed by atoms with Gasteiger partial charge in [-0.2, -0.15) is 0 Å². The monoisotopic (exact) mass is 475 g/mol. The average Bonchev–Trinajstić information content (AvgIpc) is 3.24. The lowest BCUT2D eigenvalue weighted by atomic mass is 9.94. The Labute approximate surface area is 196 Å². The molecule has 2 heterocycles. The summed E-state index contributed by atoms with van der Waals surface area (Å²) in [6, 6.07) is 9.30. The summed E-state index contributed by atoms with van der Waals surface area (Å²) in [5.41, 5.74) is 1.92. The maximum absolute atomic E-state index is 13.1. The number of carbonyl (C=O) groups is 2. The Morgan fingerprint density at radius 3 is 2.72 bits per heavy atom. The molecule has 4 rings (SSSR count). The number of ether oxygens (including phenoxy) is 2. The third-order valence-electron chi connectivity index (χ3n) is 5.71. The van der Waals surface area contributed by atoms with Gasteiger partial charge in [-0.1, -0.05) is 29.3 Å². The number of benzene rings is 2. The van der Waals surface area contributed by atoms with Gasteiger partial charge in [-0.05, 0) is 54.8 Å². The fraction of sp³-hybridized carbons (Fsp3) is 0.333. The second-order valence-corrected chi connectivity index (χ2v) is 8.80. The summed E-state index contributed by atoms with van der Waals surface area (Å²) >= 11 is 12.5. The molecule has 0 saturated carbocycles. The van der Waals surface area contributed by atoms with Crippen LogP contribution in [0.3, 0.4) is 0 Å². The Bertz CT molecular complexity index is 1110. The van der Waals surface area contributed by atoms with Gasteiger partial charge in [0.25, 0.3) is 11.7 Å². The molecule has 2 atom stereocenters. The van der Waals surface area contributed by atoms with Crippen molar-refractivity contribution in [2.24, 2.45) is 0 Å². The van der Waals surface area contributed by atoms with E-state index in [0.717, 1.165) is 11.3 Å². The van der Waals surface area contributed by atoms with Gasteiger partial charge in [0.1, 0.15) is 17.6 Å². The number of halogens is 2. The molecule has 2 aliphatic heterocycles. The SMILES string of the molecule is COCCCN1C(=O)C(=O)C(=C(O)c2ccc3c(c2)CC(C)O3)C1c1ccc(Cl)cc1Cl. The minimum atomic E-state index is -0.833. The first-order valence-corrected chi connectivity index (χ1v) is 11.1. The van der Waals surface area contributed by atoms with E-state index < -0.39 is 17.7 Å². The number of aliphatic hydroxyl groups is 1. The van der Waals surface area contributed by atoms with Gasteiger partial charge in [-0.25, -0.2) is 0 Å². The van der Waals surface area contributed by atoms with Crippen molar-refractivity contribution in [3.8, 4) is 5.75 Å². The first-order valence-electron chi connectivity index (χ1n) is 10.3. The summed E-state index contributed by atoms with van der Waals surface area (Å²) in [6.45, 7) is 2.66. The number of likely N-dealkylation sites (tertiary alicyclic amines) is 1. The van der Waals surface area contributed by atoms with Crippen LogP contribution < -0.4 is 4.74 Å². The van der Waals surface area contributed by atoms with E-state index >= 15 is 0 Å². The molecule has 6 nitrogen and oxygen atoms in total. The van der Waals surface area contributed by atoms with Gasteiger partial charge in [0, 0.05) is 42.3 Å². The molecule has 0 bridgehead atoms. The molecule has 0 spiro atoms. The number of hydrogen-bond acceptors (Lipinski definition) is 5. The van der Waals surface area contributed by atoms with Crippen LogP contribution in [0.5, 0.6) is 5.75 Å². The number of nitrogens with zero attached hydrogens (tertiary/aromatic N) is 1. The fourth-order valence-corrected chi connectivity index (χ4v) is 4.77. The highest BCUT2D eigenvalue weighted by molar-refractivity contribution is 6.47. The Kier molecular flexibility index (Phi) is 6.47. The van der Waals surface area contributed by atoms with Gasteiger partial charge in [0.15, 0.2) is 0 Å². The van der Waals surface area contributed by atoms with Crippen LogP contribution in [0.25, 0.3) is 5.76 Å². The van der Waals surface area contributed by atoms with Crippen LogP contribution in [-0.4, -0.2) is 48.1 Å². The van der Waals surface area contributed by atoms with Gasteiger partial charge in [0.2, 0.25) is 0 Å². The van der Waals surface area contributed by atoms with Crippen molar-refractivity contribution in [1.29, 1.82) is 0 Å². The van der Waals surface area contributed by atoms with E-state index in [1.54, 1.807) is 43.5 Å². The van der Waals surface area contributed by atoms with E-state index in [2.05, 4.69) is 0 Å². The number of methoxy groups -OCH3 is 1. The number of aliphatic hydroxyl groups excluding tert-OH is 1. The third-order valence-corrected chi connectivity index (χ3v) is 6.28. The van der Waals surface area contributed by atoms with Gasteiger partial charge < -0.3 is 19.5 Å². The van der Waals surface area contributed by atoms with Crippen LogP contribution in [0.2, 0.25) is 10.0 Å². The van der Waals surface area contributed by atoms with E-state index in [1.807, 2.05) is 6.92 Å². The zero-order valence-electron chi connectivity index (χ0n) is 17.7. The predicted molar refractivity (Wildman–Crippen MR) is 122 cm³/mol. The van der Waals surface area contributed by atoms with Crippen LogP contribution in [0, 0.1) is 0 Å². The lowest BCUT2D eigenvalue weighted by Gasteiger charge is -2.26. The largest absolute Gasteiger partial charge is 0.507 e. The number of carbonyl (C=O) groups excluding carboxylic acids is 2. The minimum absolute atomic E-state index is 0.00329. The Morgan fingerprint density at radius 2 is 2.00 bits per heavy atom.